The average molecular weight is 291 g/mol. The van der Waals surface area contributed by atoms with Gasteiger partial charge in [-0.2, -0.15) is 13.2 Å². The molecule has 0 atom stereocenters. The highest BCUT2D eigenvalue weighted by atomic mass is 19.4. The molecular formula is C14H20F3NO2. The van der Waals surface area contributed by atoms with Crippen molar-refractivity contribution in [2.75, 3.05) is 33.5 Å². The summed E-state index contributed by atoms with van der Waals surface area (Å²) in [6.07, 6.45) is -3.56. The molecule has 114 valence electrons. The third kappa shape index (κ3) is 6.36. The molecule has 0 bridgehead atoms. The van der Waals surface area contributed by atoms with Crippen molar-refractivity contribution in [1.82, 2.24) is 5.32 Å². The fourth-order valence-corrected chi connectivity index (χ4v) is 1.72. The molecule has 0 unspecified atom stereocenters. The van der Waals surface area contributed by atoms with E-state index in [1.165, 1.54) is 12.1 Å². The number of benzene rings is 1. The minimum absolute atomic E-state index is 0.202. The fourth-order valence-electron chi connectivity index (χ4n) is 1.72. The lowest BCUT2D eigenvalue weighted by Gasteiger charge is -2.13. The van der Waals surface area contributed by atoms with Gasteiger partial charge in [-0.3, -0.25) is 0 Å². The van der Waals surface area contributed by atoms with Crippen molar-refractivity contribution in [1.29, 1.82) is 0 Å². The van der Waals surface area contributed by atoms with Gasteiger partial charge in [0, 0.05) is 20.3 Å². The highest BCUT2D eigenvalue weighted by Gasteiger charge is 2.32. The SMILES string of the molecule is COCCOCCCNCc1ccccc1C(F)(F)F. The van der Waals surface area contributed by atoms with Crippen LogP contribution in [-0.4, -0.2) is 33.5 Å². The Labute approximate surface area is 117 Å². The van der Waals surface area contributed by atoms with E-state index in [2.05, 4.69) is 5.32 Å². The van der Waals surface area contributed by atoms with Gasteiger partial charge in [-0.25, -0.2) is 0 Å². The van der Waals surface area contributed by atoms with Gasteiger partial charge in [0.25, 0.3) is 0 Å². The van der Waals surface area contributed by atoms with E-state index in [-0.39, 0.29) is 12.1 Å². The molecule has 0 fully saturated rings. The number of hydrogen-bond donors (Lipinski definition) is 1. The molecule has 1 aromatic rings. The molecule has 0 aliphatic heterocycles. The predicted octanol–water partition coefficient (Wildman–Crippen LogP) is 2.85. The van der Waals surface area contributed by atoms with Crippen LogP contribution in [0.3, 0.4) is 0 Å². The van der Waals surface area contributed by atoms with E-state index >= 15 is 0 Å². The minimum Gasteiger partial charge on any atom is -0.382 e. The van der Waals surface area contributed by atoms with Gasteiger partial charge < -0.3 is 14.8 Å². The summed E-state index contributed by atoms with van der Waals surface area (Å²) in [6, 6.07) is 5.60. The molecule has 0 aliphatic carbocycles. The Bertz CT molecular complexity index is 383. The molecule has 0 spiro atoms. The van der Waals surface area contributed by atoms with Crippen LogP contribution in [0.25, 0.3) is 0 Å². The lowest BCUT2D eigenvalue weighted by Crippen LogP contribution is -2.19. The van der Waals surface area contributed by atoms with Gasteiger partial charge in [-0.1, -0.05) is 18.2 Å². The van der Waals surface area contributed by atoms with Crippen molar-refractivity contribution in [3.63, 3.8) is 0 Å². The maximum Gasteiger partial charge on any atom is 0.416 e. The van der Waals surface area contributed by atoms with E-state index in [1.54, 1.807) is 13.2 Å². The van der Waals surface area contributed by atoms with Gasteiger partial charge in [0.05, 0.1) is 18.8 Å². The molecule has 1 aromatic carbocycles. The van der Waals surface area contributed by atoms with Gasteiger partial charge in [0.15, 0.2) is 0 Å². The van der Waals surface area contributed by atoms with Gasteiger partial charge in [0.2, 0.25) is 0 Å². The zero-order chi connectivity index (χ0) is 14.8. The largest absolute Gasteiger partial charge is 0.416 e. The van der Waals surface area contributed by atoms with Gasteiger partial charge in [0.1, 0.15) is 0 Å². The van der Waals surface area contributed by atoms with Crippen LogP contribution in [0, 0.1) is 0 Å². The van der Waals surface area contributed by atoms with E-state index in [4.69, 9.17) is 9.47 Å². The summed E-state index contributed by atoms with van der Waals surface area (Å²) in [5.41, 5.74) is -0.316. The molecule has 6 heteroatoms. The molecule has 3 nitrogen and oxygen atoms in total. The van der Waals surface area contributed by atoms with Crippen molar-refractivity contribution in [2.45, 2.75) is 19.1 Å². The molecule has 1 rings (SSSR count). The second-order valence-electron chi connectivity index (χ2n) is 4.29. The third-order valence-electron chi connectivity index (χ3n) is 2.71. The fraction of sp³-hybridized carbons (Fsp3) is 0.571. The maximum atomic E-state index is 12.7. The van der Waals surface area contributed by atoms with E-state index in [9.17, 15) is 13.2 Å². The van der Waals surface area contributed by atoms with Crippen molar-refractivity contribution in [3.05, 3.63) is 35.4 Å². The Kier molecular flexibility index (Phi) is 7.58. The number of methoxy groups -OCH3 is 1. The van der Waals surface area contributed by atoms with Crippen molar-refractivity contribution in [2.24, 2.45) is 0 Å². The van der Waals surface area contributed by atoms with Gasteiger partial charge in [-0.05, 0) is 24.6 Å². The van der Waals surface area contributed by atoms with Crippen LogP contribution in [0.2, 0.25) is 0 Å². The number of hydrogen-bond acceptors (Lipinski definition) is 3. The smallest absolute Gasteiger partial charge is 0.382 e. The lowest BCUT2D eigenvalue weighted by atomic mass is 10.1. The van der Waals surface area contributed by atoms with E-state index in [0.717, 1.165) is 12.5 Å². The van der Waals surface area contributed by atoms with E-state index in [0.29, 0.717) is 26.4 Å². The summed E-state index contributed by atoms with van der Waals surface area (Å²) < 4.78 is 48.3. The second kappa shape index (κ2) is 8.94. The lowest BCUT2D eigenvalue weighted by molar-refractivity contribution is -0.138. The van der Waals surface area contributed by atoms with Crippen molar-refractivity contribution in [3.8, 4) is 0 Å². The van der Waals surface area contributed by atoms with Crippen LogP contribution in [0.15, 0.2) is 24.3 Å². The Morgan fingerprint density at radius 2 is 1.85 bits per heavy atom. The minimum atomic E-state index is -4.30. The Hall–Kier alpha value is -1.11. The number of nitrogens with one attached hydrogen (secondary N) is 1. The first-order valence-electron chi connectivity index (χ1n) is 6.48. The van der Waals surface area contributed by atoms with E-state index in [1.807, 2.05) is 0 Å². The first-order chi connectivity index (χ1) is 9.55. The van der Waals surface area contributed by atoms with Crippen molar-refractivity contribution < 1.29 is 22.6 Å². The van der Waals surface area contributed by atoms with Crippen LogP contribution < -0.4 is 5.32 Å². The monoisotopic (exact) mass is 291 g/mol. The van der Waals surface area contributed by atoms with Crippen LogP contribution in [-0.2, 0) is 22.2 Å². The topological polar surface area (TPSA) is 30.5 Å². The van der Waals surface area contributed by atoms with Crippen LogP contribution in [0.5, 0.6) is 0 Å². The molecule has 0 aliphatic rings. The summed E-state index contributed by atoms with van der Waals surface area (Å²) >= 11 is 0. The molecule has 1 N–H and O–H groups in total. The maximum absolute atomic E-state index is 12.7. The van der Waals surface area contributed by atoms with Gasteiger partial charge >= 0.3 is 6.18 Å². The summed E-state index contributed by atoms with van der Waals surface area (Å²) in [5.74, 6) is 0. The average Bonchev–Trinajstić information content (AvgIpc) is 2.41. The van der Waals surface area contributed by atoms with Crippen LogP contribution >= 0.6 is 0 Å². The highest BCUT2D eigenvalue weighted by Crippen LogP contribution is 2.31. The summed E-state index contributed by atoms with van der Waals surface area (Å²) in [7, 11) is 1.60. The van der Waals surface area contributed by atoms with Gasteiger partial charge in [-0.15, -0.1) is 0 Å². The molecule has 0 saturated carbocycles. The standard InChI is InChI=1S/C14H20F3NO2/c1-19-9-10-20-8-4-7-18-11-12-5-2-3-6-13(12)14(15,16)17/h2-3,5-6,18H,4,7-11H2,1H3. The molecule has 0 heterocycles. The highest BCUT2D eigenvalue weighted by molar-refractivity contribution is 5.29. The van der Waals surface area contributed by atoms with Crippen molar-refractivity contribution >= 4 is 0 Å². The number of rotatable bonds is 9. The second-order valence-corrected chi connectivity index (χ2v) is 4.29. The zero-order valence-electron chi connectivity index (χ0n) is 11.5. The number of halogens is 3. The molecule has 0 radical (unpaired) electrons. The summed E-state index contributed by atoms with van der Waals surface area (Å²) in [4.78, 5) is 0. The first-order valence-corrected chi connectivity index (χ1v) is 6.48. The predicted molar refractivity (Wildman–Crippen MR) is 70.5 cm³/mol. The number of alkyl halides is 3. The normalized spacial score (nSPS) is 11.8. The summed E-state index contributed by atoms with van der Waals surface area (Å²) in [6.45, 7) is 2.46. The Morgan fingerprint density at radius 3 is 2.55 bits per heavy atom. The van der Waals surface area contributed by atoms with Crippen LogP contribution in [0.1, 0.15) is 17.5 Å². The van der Waals surface area contributed by atoms with Crippen LogP contribution in [0.4, 0.5) is 13.2 Å². The molecule has 0 amide bonds. The third-order valence-corrected chi connectivity index (χ3v) is 2.71. The Balaban J connectivity index is 2.26. The molecule has 20 heavy (non-hydrogen) atoms. The Morgan fingerprint density at radius 1 is 1.10 bits per heavy atom. The summed E-state index contributed by atoms with van der Waals surface area (Å²) in [5, 5.41) is 2.99. The number of ether oxygens (including phenoxy) is 2. The van der Waals surface area contributed by atoms with E-state index < -0.39 is 11.7 Å². The molecule has 0 aromatic heterocycles. The zero-order valence-corrected chi connectivity index (χ0v) is 11.5. The molecular weight excluding hydrogens is 271 g/mol. The molecule has 0 saturated heterocycles. The quantitative estimate of drug-likeness (QED) is 0.710. The first kappa shape index (κ1) is 16.9.